The van der Waals surface area contributed by atoms with E-state index in [1.165, 1.54) is 83.5 Å². The monoisotopic (exact) mass is 389 g/mol. The van der Waals surface area contributed by atoms with Gasteiger partial charge in [0.1, 0.15) is 6.61 Å². The van der Waals surface area contributed by atoms with E-state index >= 15 is 0 Å². The fourth-order valence-corrected chi connectivity index (χ4v) is 3.81. The minimum atomic E-state index is -1.66. The van der Waals surface area contributed by atoms with Crippen molar-refractivity contribution >= 4 is 8.18 Å². The summed E-state index contributed by atoms with van der Waals surface area (Å²) in [5.74, 6) is 0. The number of nitrogens with one attached hydrogen (secondary N) is 2. The Bertz CT molecular complexity index is 291. The van der Waals surface area contributed by atoms with Crippen molar-refractivity contribution in [3.8, 4) is 0 Å². The van der Waals surface area contributed by atoms with Crippen molar-refractivity contribution in [1.82, 2.24) is 10.4 Å². The van der Waals surface area contributed by atoms with E-state index in [9.17, 15) is 4.57 Å². The SMILES string of the molecule is CCCCCCCCCCCCCCCCO[P+](=O)NCCCCNC. The average Bonchev–Trinajstić information content (AvgIpc) is 2.64. The molecule has 1 atom stereocenters. The van der Waals surface area contributed by atoms with Crippen molar-refractivity contribution in [3.05, 3.63) is 0 Å². The molecule has 0 aromatic carbocycles. The Labute approximate surface area is 164 Å². The fourth-order valence-electron chi connectivity index (χ4n) is 3.09. The first-order valence-corrected chi connectivity index (χ1v) is 12.5. The Morgan fingerprint density at radius 2 is 1.12 bits per heavy atom. The van der Waals surface area contributed by atoms with Gasteiger partial charge in [0.05, 0.1) is 0 Å². The molecule has 0 saturated heterocycles. The zero-order chi connectivity index (χ0) is 19.1. The van der Waals surface area contributed by atoms with Crippen molar-refractivity contribution in [2.75, 3.05) is 26.7 Å². The molecule has 5 heteroatoms. The second-order valence-corrected chi connectivity index (χ2v) is 8.49. The van der Waals surface area contributed by atoms with Crippen LogP contribution in [-0.2, 0) is 9.09 Å². The van der Waals surface area contributed by atoms with Crippen LogP contribution < -0.4 is 10.4 Å². The Kier molecular flexibility index (Phi) is 23.0. The summed E-state index contributed by atoms with van der Waals surface area (Å²) < 4.78 is 16.9. The largest absolute Gasteiger partial charge is 0.612 e. The molecule has 0 aliphatic carbocycles. The summed E-state index contributed by atoms with van der Waals surface area (Å²) in [5, 5.41) is 6.06. The smallest absolute Gasteiger partial charge is 0.320 e. The van der Waals surface area contributed by atoms with Gasteiger partial charge in [0.15, 0.2) is 0 Å². The summed E-state index contributed by atoms with van der Waals surface area (Å²) in [6.45, 7) is 4.69. The third-order valence-corrected chi connectivity index (χ3v) is 5.70. The molecule has 1 unspecified atom stereocenters. The zero-order valence-corrected chi connectivity index (χ0v) is 18.6. The minimum Gasteiger partial charge on any atom is -0.320 e. The lowest BCUT2D eigenvalue weighted by atomic mass is 10.0. The van der Waals surface area contributed by atoms with Crippen LogP contribution in [0.3, 0.4) is 0 Å². The van der Waals surface area contributed by atoms with Gasteiger partial charge in [-0.05, 0) is 37.4 Å². The number of hydrogen-bond donors (Lipinski definition) is 2. The van der Waals surface area contributed by atoms with Crippen LogP contribution >= 0.6 is 8.18 Å². The zero-order valence-electron chi connectivity index (χ0n) is 17.7. The quantitative estimate of drug-likeness (QED) is 0.159. The molecule has 2 N–H and O–H groups in total. The summed E-state index contributed by atoms with van der Waals surface area (Å²) in [7, 11) is 0.288. The van der Waals surface area contributed by atoms with Crippen LogP contribution in [0.5, 0.6) is 0 Å². The van der Waals surface area contributed by atoms with Crippen molar-refractivity contribution < 1.29 is 9.09 Å². The molecule has 0 saturated carbocycles. The van der Waals surface area contributed by atoms with Crippen molar-refractivity contribution in [3.63, 3.8) is 0 Å². The van der Waals surface area contributed by atoms with Crippen LogP contribution in [-0.4, -0.2) is 26.7 Å². The van der Waals surface area contributed by atoms with Crippen LogP contribution in [0.4, 0.5) is 0 Å². The van der Waals surface area contributed by atoms with Gasteiger partial charge in [0, 0.05) is 6.54 Å². The van der Waals surface area contributed by atoms with E-state index in [0.717, 1.165) is 32.4 Å². The van der Waals surface area contributed by atoms with E-state index in [-0.39, 0.29) is 0 Å². The summed E-state index contributed by atoms with van der Waals surface area (Å²) in [6, 6.07) is 0. The first-order chi connectivity index (χ1) is 12.8. The van der Waals surface area contributed by atoms with Crippen molar-refractivity contribution in [1.29, 1.82) is 0 Å². The van der Waals surface area contributed by atoms with Crippen molar-refractivity contribution in [2.45, 2.75) is 110 Å². The second kappa shape index (κ2) is 23.0. The first-order valence-electron chi connectivity index (χ1n) is 11.3. The molecule has 0 rings (SSSR count). The van der Waals surface area contributed by atoms with E-state index in [4.69, 9.17) is 4.52 Å². The molecule has 156 valence electrons. The van der Waals surface area contributed by atoms with E-state index in [2.05, 4.69) is 17.3 Å². The molecule has 4 nitrogen and oxygen atoms in total. The molecular formula is C21H46N2O2P+. The van der Waals surface area contributed by atoms with Gasteiger partial charge in [0.2, 0.25) is 0 Å². The molecular weight excluding hydrogens is 343 g/mol. The third-order valence-electron chi connectivity index (χ3n) is 4.80. The molecule has 0 radical (unpaired) electrons. The van der Waals surface area contributed by atoms with E-state index in [0.29, 0.717) is 6.61 Å². The summed E-state index contributed by atoms with van der Waals surface area (Å²) in [5.41, 5.74) is 0. The summed E-state index contributed by atoms with van der Waals surface area (Å²) in [4.78, 5) is 0. The first kappa shape index (κ1) is 26.0. The second-order valence-electron chi connectivity index (χ2n) is 7.41. The van der Waals surface area contributed by atoms with E-state index < -0.39 is 8.18 Å². The van der Waals surface area contributed by atoms with Crippen LogP contribution in [0, 0.1) is 0 Å². The highest BCUT2D eigenvalue weighted by atomic mass is 31.1. The van der Waals surface area contributed by atoms with Gasteiger partial charge in [0.25, 0.3) is 0 Å². The minimum absolute atomic E-state index is 0.622. The van der Waals surface area contributed by atoms with Gasteiger partial charge in [-0.1, -0.05) is 95.5 Å². The van der Waals surface area contributed by atoms with Gasteiger partial charge in [-0.2, -0.15) is 0 Å². The number of rotatable bonds is 22. The molecule has 0 aliphatic heterocycles. The van der Waals surface area contributed by atoms with E-state index in [1.807, 2.05) is 7.05 Å². The summed E-state index contributed by atoms with van der Waals surface area (Å²) in [6.07, 6.45) is 21.1. The summed E-state index contributed by atoms with van der Waals surface area (Å²) >= 11 is 0. The molecule has 0 aliphatic rings. The predicted octanol–water partition coefficient (Wildman–Crippen LogP) is 6.73. The highest BCUT2D eigenvalue weighted by Crippen LogP contribution is 2.17. The lowest BCUT2D eigenvalue weighted by Crippen LogP contribution is -2.12. The Balaban J connectivity index is 3.09. The molecule has 0 bridgehead atoms. The van der Waals surface area contributed by atoms with Gasteiger partial charge < -0.3 is 5.32 Å². The topological polar surface area (TPSA) is 50.4 Å². The third kappa shape index (κ3) is 22.0. The Morgan fingerprint density at radius 1 is 0.654 bits per heavy atom. The molecule has 0 amide bonds. The lowest BCUT2D eigenvalue weighted by Gasteiger charge is -2.02. The highest BCUT2D eigenvalue weighted by molar-refractivity contribution is 7.36. The molecule has 0 aromatic rings. The van der Waals surface area contributed by atoms with E-state index in [1.54, 1.807) is 0 Å². The number of unbranched alkanes of at least 4 members (excludes halogenated alkanes) is 14. The standard InChI is InChI=1S/C21H46N2O2P/c1-3-4-5-6-7-8-9-10-11-12-13-14-15-18-21-25-26(24)23-20-17-16-19-22-2/h22H,3-21H2,1-2H3,(H,23,24)/q+1. The normalized spacial score (nSPS) is 11.8. The molecule has 0 aromatic heterocycles. The maximum atomic E-state index is 11.6. The molecule has 0 spiro atoms. The molecule has 0 heterocycles. The Morgan fingerprint density at radius 3 is 1.62 bits per heavy atom. The van der Waals surface area contributed by atoms with Crippen LogP contribution in [0.15, 0.2) is 0 Å². The molecule has 26 heavy (non-hydrogen) atoms. The van der Waals surface area contributed by atoms with Gasteiger partial charge >= 0.3 is 8.18 Å². The average molecular weight is 390 g/mol. The maximum absolute atomic E-state index is 11.6. The van der Waals surface area contributed by atoms with Crippen molar-refractivity contribution in [2.24, 2.45) is 0 Å². The van der Waals surface area contributed by atoms with Crippen LogP contribution in [0.25, 0.3) is 0 Å². The van der Waals surface area contributed by atoms with Crippen LogP contribution in [0.1, 0.15) is 110 Å². The van der Waals surface area contributed by atoms with Gasteiger partial charge in [-0.25, -0.2) is 0 Å². The van der Waals surface area contributed by atoms with Crippen LogP contribution in [0.2, 0.25) is 0 Å². The fraction of sp³-hybridized carbons (Fsp3) is 1.00. The highest BCUT2D eigenvalue weighted by Gasteiger charge is 2.15. The van der Waals surface area contributed by atoms with Gasteiger partial charge in [-0.15, -0.1) is 4.52 Å². The molecule has 0 fully saturated rings. The number of hydrogen-bond acceptors (Lipinski definition) is 3. The lowest BCUT2D eigenvalue weighted by molar-refractivity contribution is 0.309. The maximum Gasteiger partial charge on any atom is 0.612 e. The van der Waals surface area contributed by atoms with Gasteiger partial charge in [-0.3, -0.25) is 0 Å². The predicted molar refractivity (Wildman–Crippen MR) is 115 cm³/mol. The Hall–Kier alpha value is -0.0200.